The highest BCUT2D eigenvalue weighted by Gasteiger charge is 2.20. The number of anilines is 3. The Hall–Kier alpha value is -4.12. The van der Waals surface area contributed by atoms with Crippen molar-refractivity contribution in [1.82, 2.24) is 0 Å². The fraction of sp³-hybridized carbons (Fsp3) is 0.172. The van der Waals surface area contributed by atoms with Crippen molar-refractivity contribution < 1.29 is 20.1 Å². The standard InChI is InChI=1S/C29H29NO4/c1-17-16-24(10-13-27(17)31)34-23-8-6-22(7-9-23)30(25-11-14-28(32)20(4)18(25)2)26-12-15-29(33)21(5)19(26)3/h6-16,31-33H,1-5H3. The maximum Gasteiger partial charge on any atom is 0.127 e. The van der Waals surface area contributed by atoms with Gasteiger partial charge < -0.3 is 25.0 Å². The van der Waals surface area contributed by atoms with Gasteiger partial charge in [-0.2, -0.15) is 0 Å². The van der Waals surface area contributed by atoms with Crippen LogP contribution in [0.25, 0.3) is 0 Å². The molecule has 34 heavy (non-hydrogen) atoms. The van der Waals surface area contributed by atoms with Crippen LogP contribution in [0.2, 0.25) is 0 Å². The summed E-state index contributed by atoms with van der Waals surface area (Å²) in [6, 6.07) is 20.1. The van der Waals surface area contributed by atoms with Gasteiger partial charge in [0.05, 0.1) is 0 Å². The lowest BCUT2D eigenvalue weighted by Crippen LogP contribution is -2.13. The van der Waals surface area contributed by atoms with Crippen LogP contribution in [-0.2, 0) is 0 Å². The second-order valence-electron chi connectivity index (χ2n) is 8.59. The van der Waals surface area contributed by atoms with E-state index in [0.717, 1.165) is 44.9 Å². The molecule has 0 aliphatic rings. The number of phenolic OH excluding ortho intramolecular Hbond substituents is 3. The van der Waals surface area contributed by atoms with E-state index >= 15 is 0 Å². The van der Waals surface area contributed by atoms with E-state index in [1.165, 1.54) is 0 Å². The molecule has 5 nitrogen and oxygen atoms in total. The van der Waals surface area contributed by atoms with E-state index in [9.17, 15) is 15.3 Å². The lowest BCUT2D eigenvalue weighted by Gasteiger charge is -2.30. The lowest BCUT2D eigenvalue weighted by molar-refractivity contribution is 0.460. The molecule has 0 radical (unpaired) electrons. The number of ether oxygens (including phenoxy) is 1. The van der Waals surface area contributed by atoms with Gasteiger partial charge in [-0.15, -0.1) is 0 Å². The van der Waals surface area contributed by atoms with Crippen LogP contribution in [0, 0.1) is 34.6 Å². The molecule has 5 heteroatoms. The summed E-state index contributed by atoms with van der Waals surface area (Å²) in [6.07, 6.45) is 0. The molecule has 4 rings (SSSR count). The first-order valence-electron chi connectivity index (χ1n) is 11.1. The second kappa shape index (κ2) is 9.02. The van der Waals surface area contributed by atoms with Gasteiger partial charge in [0.15, 0.2) is 0 Å². The average Bonchev–Trinajstić information content (AvgIpc) is 2.82. The van der Waals surface area contributed by atoms with Gasteiger partial charge in [-0.05, 0) is 129 Å². The Morgan fingerprint density at radius 2 is 1.00 bits per heavy atom. The highest BCUT2D eigenvalue weighted by Crippen LogP contribution is 2.43. The van der Waals surface area contributed by atoms with Crippen molar-refractivity contribution in [1.29, 1.82) is 0 Å². The fourth-order valence-electron chi connectivity index (χ4n) is 3.97. The third-order valence-corrected chi connectivity index (χ3v) is 6.44. The number of hydrogen-bond donors (Lipinski definition) is 3. The topological polar surface area (TPSA) is 73.2 Å². The zero-order chi connectivity index (χ0) is 24.6. The Morgan fingerprint density at radius 3 is 1.50 bits per heavy atom. The normalized spacial score (nSPS) is 10.9. The van der Waals surface area contributed by atoms with E-state index < -0.39 is 0 Å². The van der Waals surface area contributed by atoms with Crippen LogP contribution in [0.5, 0.6) is 28.7 Å². The molecule has 0 saturated carbocycles. The van der Waals surface area contributed by atoms with E-state index in [-0.39, 0.29) is 17.2 Å². The molecule has 0 bridgehead atoms. The number of nitrogens with zero attached hydrogens (tertiary/aromatic N) is 1. The molecule has 0 atom stereocenters. The number of phenols is 3. The van der Waals surface area contributed by atoms with Crippen molar-refractivity contribution >= 4 is 17.1 Å². The number of hydrogen-bond acceptors (Lipinski definition) is 5. The van der Waals surface area contributed by atoms with Gasteiger partial charge in [-0.3, -0.25) is 0 Å². The first kappa shape index (κ1) is 23.1. The van der Waals surface area contributed by atoms with Gasteiger partial charge in [-0.1, -0.05) is 0 Å². The van der Waals surface area contributed by atoms with E-state index in [1.807, 2.05) is 71.0 Å². The Kier molecular flexibility index (Phi) is 6.12. The molecular formula is C29H29NO4. The Balaban J connectivity index is 1.79. The minimum Gasteiger partial charge on any atom is -0.508 e. The summed E-state index contributed by atoms with van der Waals surface area (Å²) < 4.78 is 5.98. The van der Waals surface area contributed by atoms with Crippen LogP contribution in [0.4, 0.5) is 17.1 Å². The van der Waals surface area contributed by atoms with Crippen molar-refractivity contribution in [3.8, 4) is 28.7 Å². The molecule has 0 aliphatic carbocycles. The maximum absolute atomic E-state index is 10.2. The molecule has 0 spiro atoms. The summed E-state index contributed by atoms with van der Waals surface area (Å²) in [5.41, 5.74) is 7.09. The first-order chi connectivity index (χ1) is 16.2. The fourth-order valence-corrected chi connectivity index (χ4v) is 3.97. The molecule has 4 aromatic rings. The summed E-state index contributed by atoms with van der Waals surface area (Å²) in [5, 5.41) is 30.2. The molecule has 0 aromatic heterocycles. The lowest BCUT2D eigenvalue weighted by atomic mass is 10.0. The molecule has 0 saturated heterocycles. The molecule has 0 unspecified atom stereocenters. The van der Waals surface area contributed by atoms with Crippen LogP contribution in [-0.4, -0.2) is 15.3 Å². The van der Waals surface area contributed by atoms with Crippen molar-refractivity contribution in [2.24, 2.45) is 0 Å². The molecule has 0 aliphatic heterocycles. The van der Waals surface area contributed by atoms with Crippen molar-refractivity contribution in [2.45, 2.75) is 34.6 Å². The second-order valence-corrected chi connectivity index (χ2v) is 8.59. The third-order valence-electron chi connectivity index (χ3n) is 6.44. The largest absolute Gasteiger partial charge is 0.508 e. The van der Waals surface area contributed by atoms with Crippen LogP contribution in [0.1, 0.15) is 27.8 Å². The Morgan fingerprint density at radius 1 is 0.529 bits per heavy atom. The minimum atomic E-state index is 0.234. The van der Waals surface area contributed by atoms with E-state index in [2.05, 4.69) is 4.90 Å². The summed E-state index contributed by atoms with van der Waals surface area (Å²) in [6.45, 7) is 9.61. The minimum absolute atomic E-state index is 0.234. The van der Waals surface area contributed by atoms with Crippen LogP contribution in [0.3, 0.4) is 0 Å². The summed E-state index contributed by atoms with van der Waals surface area (Å²) in [7, 11) is 0. The summed E-state index contributed by atoms with van der Waals surface area (Å²) in [4.78, 5) is 2.12. The van der Waals surface area contributed by atoms with Crippen LogP contribution < -0.4 is 9.64 Å². The number of aryl methyl sites for hydroxylation is 1. The Labute approximate surface area is 200 Å². The van der Waals surface area contributed by atoms with E-state index in [4.69, 9.17) is 4.74 Å². The van der Waals surface area contributed by atoms with E-state index in [0.29, 0.717) is 11.5 Å². The quantitative estimate of drug-likeness (QED) is 0.289. The molecular weight excluding hydrogens is 426 g/mol. The van der Waals surface area contributed by atoms with Crippen molar-refractivity contribution in [3.05, 3.63) is 94.5 Å². The molecule has 0 amide bonds. The van der Waals surface area contributed by atoms with Gasteiger partial charge in [0, 0.05) is 17.1 Å². The molecule has 0 fully saturated rings. The van der Waals surface area contributed by atoms with Crippen LogP contribution in [0.15, 0.2) is 66.7 Å². The zero-order valence-electron chi connectivity index (χ0n) is 20.0. The van der Waals surface area contributed by atoms with Gasteiger partial charge >= 0.3 is 0 Å². The predicted octanol–water partition coefficient (Wildman–Crippen LogP) is 7.61. The molecule has 0 heterocycles. The SMILES string of the molecule is Cc1cc(Oc2ccc(N(c3ccc(O)c(C)c3C)c3ccc(O)c(C)c3C)cc2)ccc1O. The van der Waals surface area contributed by atoms with Gasteiger partial charge in [0.2, 0.25) is 0 Å². The highest BCUT2D eigenvalue weighted by atomic mass is 16.5. The zero-order valence-corrected chi connectivity index (χ0v) is 20.0. The maximum atomic E-state index is 10.2. The van der Waals surface area contributed by atoms with Crippen LogP contribution >= 0.6 is 0 Å². The molecule has 174 valence electrons. The third kappa shape index (κ3) is 4.25. The molecule has 3 N–H and O–H groups in total. The molecule has 4 aromatic carbocycles. The van der Waals surface area contributed by atoms with Crippen molar-refractivity contribution in [3.63, 3.8) is 0 Å². The monoisotopic (exact) mass is 455 g/mol. The number of aromatic hydroxyl groups is 3. The summed E-state index contributed by atoms with van der Waals surface area (Å²) in [5.74, 6) is 2.07. The summed E-state index contributed by atoms with van der Waals surface area (Å²) >= 11 is 0. The smallest absolute Gasteiger partial charge is 0.127 e. The number of rotatable bonds is 5. The first-order valence-corrected chi connectivity index (χ1v) is 11.1. The van der Waals surface area contributed by atoms with Gasteiger partial charge in [0.25, 0.3) is 0 Å². The number of benzene rings is 4. The van der Waals surface area contributed by atoms with Crippen molar-refractivity contribution in [2.75, 3.05) is 4.90 Å². The van der Waals surface area contributed by atoms with E-state index in [1.54, 1.807) is 30.3 Å². The Bertz CT molecular complexity index is 1300. The van der Waals surface area contributed by atoms with Gasteiger partial charge in [-0.25, -0.2) is 0 Å². The highest BCUT2D eigenvalue weighted by molar-refractivity contribution is 5.82. The van der Waals surface area contributed by atoms with Gasteiger partial charge in [0.1, 0.15) is 28.7 Å². The average molecular weight is 456 g/mol. The predicted molar refractivity (Wildman–Crippen MR) is 136 cm³/mol.